The number of anilines is 1. The summed E-state index contributed by atoms with van der Waals surface area (Å²) in [7, 11) is 0. The Morgan fingerprint density at radius 2 is 1.93 bits per heavy atom. The molecule has 2 N–H and O–H groups in total. The van der Waals surface area contributed by atoms with Gasteiger partial charge in [-0.1, -0.05) is 6.92 Å². The molecular formula is C20H25F3N4O. The number of likely N-dealkylation sites (tertiary alicyclic amines) is 1. The summed E-state index contributed by atoms with van der Waals surface area (Å²) in [6.07, 6.45) is -2.34. The summed E-state index contributed by atoms with van der Waals surface area (Å²) in [6, 6.07) is 3.77. The second-order valence-electron chi connectivity index (χ2n) is 7.32. The molecule has 0 bridgehead atoms. The number of piperidine rings is 1. The summed E-state index contributed by atoms with van der Waals surface area (Å²) in [5, 5.41) is 22.0. The molecule has 5 nitrogen and oxygen atoms in total. The molecule has 0 saturated carbocycles. The quantitative estimate of drug-likeness (QED) is 0.806. The van der Waals surface area contributed by atoms with Crippen molar-refractivity contribution in [3.05, 3.63) is 34.9 Å². The highest BCUT2D eigenvalue weighted by Crippen LogP contribution is 2.38. The number of halogens is 3. The first kappa shape index (κ1) is 20.4. The molecule has 1 unspecified atom stereocenters. The molecule has 1 atom stereocenters. The second-order valence-corrected chi connectivity index (χ2v) is 7.32. The topological polar surface area (TPSA) is 61.3 Å². The van der Waals surface area contributed by atoms with Gasteiger partial charge in [0.25, 0.3) is 0 Å². The van der Waals surface area contributed by atoms with E-state index in [1.165, 1.54) is 6.92 Å². The zero-order chi connectivity index (χ0) is 20.5. The van der Waals surface area contributed by atoms with Gasteiger partial charge in [0.15, 0.2) is 5.82 Å². The molecule has 0 aliphatic carbocycles. The summed E-state index contributed by atoms with van der Waals surface area (Å²) in [5.41, 5.74) is 0.868. The number of aryl methyl sites for hydroxylation is 2. The Balaban J connectivity index is 1.85. The van der Waals surface area contributed by atoms with Gasteiger partial charge in [0.05, 0.1) is 11.3 Å². The Morgan fingerprint density at radius 3 is 2.54 bits per heavy atom. The van der Waals surface area contributed by atoms with Crippen molar-refractivity contribution in [2.24, 2.45) is 0 Å². The summed E-state index contributed by atoms with van der Waals surface area (Å²) in [4.78, 5) is 2.38. The third kappa shape index (κ3) is 4.38. The van der Waals surface area contributed by atoms with E-state index in [0.717, 1.165) is 50.2 Å². The highest BCUT2D eigenvalue weighted by molar-refractivity contribution is 5.72. The summed E-state index contributed by atoms with van der Waals surface area (Å²) >= 11 is 0. The molecule has 0 spiro atoms. The van der Waals surface area contributed by atoms with E-state index in [1.807, 2.05) is 6.92 Å². The molecule has 0 radical (unpaired) electrons. The highest BCUT2D eigenvalue weighted by Gasteiger charge is 2.32. The molecule has 8 heteroatoms. The SMILES string of the molecule is CCN1CCCC(Nc2nnc(-c3c(C)cc(C(F)(F)F)cc3O)cc2C)C1. The minimum absolute atomic E-state index is 0.268. The van der Waals surface area contributed by atoms with Crippen LogP contribution in [0.4, 0.5) is 19.0 Å². The van der Waals surface area contributed by atoms with Crippen LogP contribution in [0.15, 0.2) is 18.2 Å². The maximum Gasteiger partial charge on any atom is 0.416 e. The number of benzene rings is 1. The highest BCUT2D eigenvalue weighted by atomic mass is 19.4. The summed E-state index contributed by atoms with van der Waals surface area (Å²) < 4.78 is 38.8. The van der Waals surface area contributed by atoms with E-state index in [2.05, 4.69) is 27.3 Å². The Hall–Kier alpha value is -2.35. The van der Waals surface area contributed by atoms with Crippen molar-refractivity contribution in [2.75, 3.05) is 25.0 Å². The van der Waals surface area contributed by atoms with Crippen molar-refractivity contribution in [1.82, 2.24) is 15.1 Å². The lowest BCUT2D eigenvalue weighted by Crippen LogP contribution is -2.42. The van der Waals surface area contributed by atoms with Crippen molar-refractivity contribution in [3.63, 3.8) is 0 Å². The van der Waals surface area contributed by atoms with Crippen LogP contribution in [0.25, 0.3) is 11.3 Å². The molecule has 0 amide bonds. The van der Waals surface area contributed by atoms with Crippen LogP contribution in [0, 0.1) is 13.8 Å². The van der Waals surface area contributed by atoms with Gasteiger partial charge in [0.2, 0.25) is 0 Å². The molecule has 3 rings (SSSR count). The number of rotatable bonds is 4. The predicted octanol–water partition coefficient (Wildman–Crippen LogP) is 4.38. The fourth-order valence-electron chi connectivity index (χ4n) is 3.67. The van der Waals surface area contributed by atoms with Crippen molar-refractivity contribution in [2.45, 2.75) is 45.8 Å². The summed E-state index contributed by atoms with van der Waals surface area (Å²) in [5.74, 6) is 0.211. The van der Waals surface area contributed by atoms with Gasteiger partial charge in [-0.3, -0.25) is 0 Å². The first-order valence-electron chi connectivity index (χ1n) is 9.43. The lowest BCUT2D eigenvalue weighted by molar-refractivity contribution is -0.137. The number of likely N-dealkylation sites (N-methyl/N-ethyl adjacent to an activating group) is 1. The van der Waals surface area contributed by atoms with Crippen molar-refractivity contribution in [3.8, 4) is 17.0 Å². The summed E-state index contributed by atoms with van der Waals surface area (Å²) in [6.45, 7) is 8.59. The van der Waals surface area contributed by atoms with Crippen LogP contribution in [0.5, 0.6) is 5.75 Å². The van der Waals surface area contributed by atoms with E-state index in [9.17, 15) is 18.3 Å². The Morgan fingerprint density at radius 1 is 1.18 bits per heavy atom. The monoisotopic (exact) mass is 394 g/mol. The Kier molecular flexibility index (Phi) is 5.79. The zero-order valence-electron chi connectivity index (χ0n) is 16.3. The van der Waals surface area contributed by atoms with E-state index in [1.54, 1.807) is 6.07 Å². The van der Waals surface area contributed by atoms with Gasteiger partial charge in [0.1, 0.15) is 5.75 Å². The van der Waals surface area contributed by atoms with Crippen LogP contribution in [-0.4, -0.2) is 45.9 Å². The first-order valence-corrected chi connectivity index (χ1v) is 9.43. The average Bonchev–Trinajstić information content (AvgIpc) is 2.62. The van der Waals surface area contributed by atoms with Gasteiger partial charge in [-0.05, 0) is 69.1 Å². The number of alkyl halides is 3. The molecule has 1 aromatic carbocycles. The molecule has 2 heterocycles. The second kappa shape index (κ2) is 7.95. The normalized spacial score (nSPS) is 18.3. The number of phenols is 1. The minimum Gasteiger partial charge on any atom is -0.507 e. The maximum absolute atomic E-state index is 12.9. The predicted molar refractivity (Wildman–Crippen MR) is 102 cm³/mol. The van der Waals surface area contributed by atoms with Gasteiger partial charge >= 0.3 is 6.18 Å². The smallest absolute Gasteiger partial charge is 0.416 e. The van der Waals surface area contributed by atoms with Crippen molar-refractivity contribution in [1.29, 1.82) is 0 Å². The van der Waals surface area contributed by atoms with E-state index in [-0.39, 0.29) is 11.6 Å². The number of hydrogen-bond acceptors (Lipinski definition) is 5. The fraction of sp³-hybridized carbons (Fsp3) is 0.500. The van der Waals surface area contributed by atoms with Crippen LogP contribution >= 0.6 is 0 Å². The van der Waals surface area contributed by atoms with Gasteiger partial charge in [-0.25, -0.2) is 0 Å². The van der Waals surface area contributed by atoms with Gasteiger partial charge in [-0.15, -0.1) is 10.2 Å². The van der Waals surface area contributed by atoms with Gasteiger partial charge < -0.3 is 15.3 Å². The molecule has 152 valence electrons. The molecule has 28 heavy (non-hydrogen) atoms. The molecule has 1 aliphatic heterocycles. The molecule has 1 aliphatic rings. The third-order valence-corrected chi connectivity index (χ3v) is 5.18. The molecular weight excluding hydrogens is 369 g/mol. The van der Waals surface area contributed by atoms with E-state index >= 15 is 0 Å². The van der Waals surface area contributed by atoms with Crippen LogP contribution in [0.3, 0.4) is 0 Å². The lowest BCUT2D eigenvalue weighted by Gasteiger charge is -2.32. The van der Waals surface area contributed by atoms with Crippen LogP contribution < -0.4 is 5.32 Å². The largest absolute Gasteiger partial charge is 0.507 e. The third-order valence-electron chi connectivity index (χ3n) is 5.18. The number of hydrogen-bond donors (Lipinski definition) is 2. The van der Waals surface area contributed by atoms with E-state index in [4.69, 9.17) is 0 Å². The lowest BCUT2D eigenvalue weighted by atomic mass is 9.99. The van der Waals surface area contributed by atoms with Crippen LogP contribution in [0.1, 0.15) is 36.5 Å². The van der Waals surface area contributed by atoms with Crippen LogP contribution in [-0.2, 0) is 6.18 Å². The molecule has 1 fully saturated rings. The zero-order valence-corrected chi connectivity index (χ0v) is 16.3. The number of nitrogens with one attached hydrogen (secondary N) is 1. The number of aromatic hydroxyl groups is 1. The minimum atomic E-state index is -4.51. The Labute approximate surface area is 162 Å². The number of phenolic OH excluding ortho intramolecular Hbond substituents is 1. The molecule has 1 saturated heterocycles. The standard InChI is InChI=1S/C20H25F3N4O/c1-4-27-7-5-6-15(11-27)24-19-13(3)9-16(25-26-19)18-12(2)8-14(10-17(18)28)20(21,22)23/h8-10,15,28H,4-7,11H2,1-3H3,(H,24,26). The average molecular weight is 394 g/mol. The van der Waals surface area contributed by atoms with Gasteiger partial charge in [0, 0.05) is 18.2 Å². The van der Waals surface area contributed by atoms with Crippen molar-refractivity contribution < 1.29 is 18.3 Å². The first-order chi connectivity index (χ1) is 13.2. The molecule has 2 aromatic rings. The van der Waals surface area contributed by atoms with E-state index in [0.29, 0.717) is 17.1 Å². The Bertz CT molecular complexity index is 831. The van der Waals surface area contributed by atoms with Crippen molar-refractivity contribution >= 4 is 5.82 Å². The van der Waals surface area contributed by atoms with Crippen LogP contribution in [0.2, 0.25) is 0 Å². The molecule has 1 aromatic heterocycles. The fourth-order valence-corrected chi connectivity index (χ4v) is 3.67. The maximum atomic E-state index is 12.9. The van der Waals surface area contributed by atoms with E-state index < -0.39 is 17.5 Å². The number of aromatic nitrogens is 2. The number of nitrogens with zero attached hydrogens (tertiary/aromatic N) is 3. The van der Waals surface area contributed by atoms with Gasteiger partial charge in [-0.2, -0.15) is 13.2 Å².